The van der Waals surface area contributed by atoms with Gasteiger partial charge in [0, 0.05) is 24.5 Å². The summed E-state index contributed by atoms with van der Waals surface area (Å²) in [4.78, 5) is 27.6. The average molecular weight is 434 g/mol. The normalized spacial score (nSPS) is 15.5. The third kappa shape index (κ3) is 2.71. The molecular weight excluding hydrogens is 416 g/mol. The van der Waals surface area contributed by atoms with Crippen molar-refractivity contribution in [3.8, 4) is 11.8 Å². The van der Waals surface area contributed by atoms with E-state index in [1.807, 2.05) is 36.4 Å². The van der Waals surface area contributed by atoms with Gasteiger partial charge in [-0.05, 0) is 24.6 Å². The Bertz CT molecular complexity index is 1640. The number of nitrogens with zero attached hydrogens (tertiary/aromatic N) is 7. The summed E-state index contributed by atoms with van der Waals surface area (Å²) in [5, 5.41) is 15.1. The molecule has 4 aromatic heterocycles. The monoisotopic (exact) mass is 434 g/mol. The first-order chi connectivity index (χ1) is 16.2. The highest BCUT2D eigenvalue weighted by molar-refractivity contribution is 5.93. The first-order valence-corrected chi connectivity index (χ1v) is 10.5. The highest BCUT2D eigenvalue weighted by Crippen LogP contribution is 2.39. The fourth-order valence-electron chi connectivity index (χ4n) is 4.48. The molecule has 5 aromatic rings. The molecule has 1 aliphatic rings. The zero-order valence-corrected chi connectivity index (χ0v) is 17.5. The lowest BCUT2D eigenvalue weighted by atomic mass is 10.0. The van der Waals surface area contributed by atoms with E-state index in [-0.39, 0.29) is 11.6 Å². The lowest BCUT2D eigenvalue weighted by Gasteiger charge is -2.42. The average Bonchev–Trinajstić information content (AvgIpc) is 3.43. The number of hydrogen-bond acceptors (Lipinski definition) is 6. The predicted molar refractivity (Wildman–Crippen MR) is 124 cm³/mol. The van der Waals surface area contributed by atoms with Crippen LogP contribution in [0.2, 0.25) is 0 Å². The van der Waals surface area contributed by atoms with Crippen LogP contribution in [0.1, 0.15) is 29.4 Å². The number of H-pyrrole nitrogens is 1. The van der Waals surface area contributed by atoms with E-state index in [9.17, 15) is 10.1 Å². The maximum Gasteiger partial charge on any atom is 0.283 e. The third-order valence-electron chi connectivity index (χ3n) is 6.14. The van der Waals surface area contributed by atoms with Crippen LogP contribution in [-0.4, -0.2) is 35.7 Å². The molecule has 9 heteroatoms. The Morgan fingerprint density at radius 3 is 2.79 bits per heavy atom. The number of para-hydroxylation sites is 1. The van der Waals surface area contributed by atoms with Gasteiger partial charge in [0.15, 0.2) is 5.82 Å². The Morgan fingerprint density at radius 1 is 1.21 bits per heavy atom. The van der Waals surface area contributed by atoms with Gasteiger partial charge in [-0.2, -0.15) is 10.4 Å². The molecule has 0 aliphatic carbocycles. The zero-order chi connectivity index (χ0) is 22.5. The highest BCUT2D eigenvalue weighted by atomic mass is 16.1. The summed E-state index contributed by atoms with van der Waals surface area (Å²) < 4.78 is 3.29. The van der Waals surface area contributed by atoms with E-state index in [0.29, 0.717) is 33.8 Å². The molecule has 9 nitrogen and oxygen atoms in total. The van der Waals surface area contributed by atoms with E-state index < -0.39 is 0 Å². The zero-order valence-electron chi connectivity index (χ0n) is 17.5. The van der Waals surface area contributed by atoms with Crippen LogP contribution in [0.15, 0.2) is 66.5 Å². The molecule has 160 valence electrons. The van der Waals surface area contributed by atoms with Crippen molar-refractivity contribution in [2.24, 2.45) is 0 Å². The van der Waals surface area contributed by atoms with Gasteiger partial charge >= 0.3 is 0 Å². The molecule has 1 unspecified atom stereocenters. The largest absolute Gasteiger partial charge is 0.345 e. The van der Waals surface area contributed by atoms with E-state index in [1.165, 1.54) is 6.33 Å². The molecule has 1 fully saturated rings. The Balaban J connectivity index is 1.58. The maximum absolute atomic E-state index is 13.7. The number of nitriles is 1. The third-order valence-corrected chi connectivity index (χ3v) is 6.14. The Morgan fingerprint density at radius 2 is 2.06 bits per heavy atom. The second-order valence-electron chi connectivity index (χ2n) is 7.84. The number of fused-ring (bicyclic) bond motifs is 2. The Labute approximate surface area is 187 Å². The first-order valence-electron chi connectivity index (χ1n) is 10.5. The van der Waals surface area contributed by atoms with Crippen molar-refractivity contribution >= 4 is 28.4 Å². The number of aromatic amines is 1. The van der Waals surface area contributed by atoms with Crippen molar-refractivity contribution in [3.05, 3.63) is 89.0 Å². The van der Waals surface area contributed by atoms with Crippen LogP contribution < -0.4 is 10.5 Å². The Kier molecular flexibility index (Phi) is 4.13. The van der Waals surface area contributed by atoms with Crippen molar-refractivity contribution in [1.82, 2.24) is 29.1 Å². The van der Waals surface area contributed by atoms with Gasteiger partial charge in [0.05, 0.1) is 22.7 Å². The van der Waals surface area contributed by atoms with Crippen molar-refractivity contribution in [2.75, 3.05) is 11.4 Å². The minimum atomic E-state index is -0.198. The van der Waals surface area contributed by atoms with E-state index in [1.54, 1.807) is 27.6 Å². The van der Waals surface area contributed by atoms with Crippen LogP contribution in [0.4, 0.5) is 5.82 Å². The van der Waals surface area contributed by atoms with E-state index in [0.717, 1.165) is 24.2 Å². The van der Waals surface area contributed by atoms with Crippen molar-refractivity contribution in [3.63, 3.8) is 0 Å². The topological polar surface area (TPSA) is 108 Å². The predicted octanol–water partition coefficient (Wildman–Crippen LogP) is 3.22. The van der Waals surface area contributed by atoms with Crippen molar-refractivity contribution in [1.29, 1.82) is 5.26 Å². The van der Waals surface area contributed by atoms with Crippen LogP contribution in [0.3, 0.4) is 0 Å². The van der Waals surface area contributed by atoms with Gasteiger partial charge in [-0.3, -0.25) is 9.36 Å². The van der Waals surface area contributed by atoms with E-state index >= 15 is 0 Å². The second-order valence-corrected chi connectivity index (χ2v) is 7.84. The molecule has 1 saturated heterocycles. The standard InChI is InChI=1S/C24H18N8O/c1-2-15-8-11-31-20(15)24(33)32(17-6-4-3-5-7-17)22(29-31)18-9-10-30(18)23-19-16(12-25)13-26-21(19)27-14-28-23/h2-8,11,13-14,18H,1,9-10H2,(H,26,27,28). The summed E-state index contributed by atoms with van der Waals surface area (Å²) in [5.74, 6) is 1.26. The number of aromatic nitrogens is 6. The summed E-state index contributed by atoms with van der Waals surface area (Å²) in [6, 6.07) is 13.3. The lowest BCUT2D eigenvalue weighted by Crippen LogP contribution is -2.45. The molecule has 1 aliphatic heterocycles. The van der Waals surface area contributed by atoms with Gasteiger partial charge in [-0.25, -0.2) is 14.5 Å². The summed E-state index contributed by atoms with van der Waals surface area (Å²) >= 11 is 0. The molecule has 33 heavy (non-hydrogen) atoms. The SMILES string of the molecule is C=Cc1ccn2nc(C3CCN3c3ncnc4[nH]cc(C#N)c34)n(-c3ccccc3)c(=O)c12. The van der Waals surface area contributed by atoms with Gasteiger partial charge in [0.25, 0.3) is 5.56 Å². The van der Waals surface area contributed by atoms with E-state index in [4.69, 9.17) is 5.10 Å². The number of hydrogen-bond donors (Lipinski definition) is 1. The molecule has 1 N–H and O–H groups in total. The molecular formula is C24H18N8O. The van der Waals surface area contributed by atoms with Gasteiger partial charge in [0.2, 0.25) is 0 Å². The lowest BCUT2D eigenvalue weighted by molar-refractivity contribution is 0.424. The summed E-state index contributed by atoms with van der Waals surface area (Å²) in [6.45, 7) is 4.55. The Hall–Kier alpha value is -4.71. The van der Waals surface area contributed by atoms with Gasteiger partial charge in [-0.1, -0.05) is 30.9 Å². The fraction of sp³-hybridized carbons (Fsp3) is 0.125. The number of anilines is 1. The fourth-order valence-corrected chi connectivity index (χ4v) is 4.48. The summed E-state index contributed by atoms with van der Waals surface area (Å²) in [7, 11) is 0. The molecule has 1 atom stereocenters. The molecule has 5 heterocycles. The number of nitrogens with one attached hydrogen (secondary N) is 1. The van der Waals surface area contributed by atoms with Crippen molar-refractivity contribution in [2.45, 2.75) is 12.5 Å². The minimum absolute atomic E-state index is 0.162. The number of rotatable bonds is 4. The van der Waals surface area contributed by atoms with Crippen molar-refractivity contribution < 1.29 is 0 Å². The quantitative estimate of drug-likeness (QED) is 0.465. The van der Waals surface area contributed by atoms with Gasteiger partial charge < -0.3 is 9.88 Å². The second kappa shape index (κ2) is 7.17. The molecule has 0 radical (unpaired) electrons. The van der Waals surface area contributed by atoms with Gasteiger partial charge in [-0.15, -0.1) is 0 Å². The maximum atomic E-state index is 13.7. The highest BCUT2D eigenvalue weighted by Gasteiger charge is 2.37. The molecule has 1 aromatic carbocycles. The van der Waals surface area contributed by atoms with Crippen LogP contribution >= 0.6 is 0 Å². The van der Waals surface area contributed by atoms with Crippen LogP contribution in [-0.2, 0) is 0 Å². The molecule has 0 spiro atoms. The van der Waals surface area contributed by atoms with Crippen LogP contribution in [0, 0.1) is 11.3 Å². The van der Waals surface area contributed by atoms with Crippen LogP contribution in [0.25, 0.3) is 28.3 Å². The van der Waals surface area contributed by atoms with Gasteiger partial charge in [0.1, 0.15) is 29.4 Å². The minimum Gasteiger partial charge on any atom is -0.345 e. The molecule has 0 bridgehead atoms. The summed E-state index contributed by atoms with van der Waals surface area (Å²) in [5.41, 5.74) is 2.87. The van der Waals surface area contributed by atoms with E-state index in [2.05, 4.69) is 32.5 Å². The molecule has 6 rings (SSSR count). The molecule has 0 amide bonds. The smallest absolute Gasteiger partial charge is 0.283 e. The summed E-state index contributed by atoms with van der Waals surface area (Å²) in [6.07, 6.45) is 7.35. The first kappa shape index (κ1) is 19.0. The molecule has 0 saturated carbocycles. The van der Waals surface area contributed by atoms with Crippen LogP contribution in [0.5, 0.6) is 0 Å². The number of benzene rings is 1.